The van der Waals surface area contributed by atoms with Crippen molar-refractivity contribution >= 4 is 11.6 Å². The summed E-state index contributed by atoms with van der Waals surface area (Å²) in [6.45, 7) is 2.32. The quantitative estimate of drug-likeness (QED) is 0.871. The lowest BCUT2D eigenvalue weighted by molar-refractivity contribution is -0.120. The molecule has 0 aliphatic carbocycles. The number of rotatable bonds is 3. The molecule has 0 unspecified atom stereocenters. The Morgan fingerprint density at radius 1 is 1.25 bits per heavy atom. The lowest BCUT2D eigenvalue weighted by atomic mass is 10.0. The van der Waals surface area contributed by atoms with Gasteiger partial charge in [-0.15, -0.1) is 0 Å². The highest BCUT2D eigenvalue weighted by Gasteiger charge is 2.31. The van der Waals surface area contributed by atoms with Gasteiger partial charge in [0.15, 0.2) is 0 Å². The number of fused-ring (bicyclic) bond motifs is 1. The highest BCUT2D eigenvalue weighted by atomic mass is 16.2. The van der Waals surface area contributed by atoms with Crippen molar-refractivity contribution in [1.29, 1.82) is 0 Å². The van der Waals surface area contributed by atoms with Gasteiger partial charge in [-0.3, -0.25) is 14.4 Å². The standard InChI is InChI=1S/C19H24N4O/c1-21-13-16(12-20-21)17-9-5-10-22(17)14-19(24)23-11-4-7-15-6-2-3-8-18(15)23/h2-3,6,8,12-13,17H,4-5,7,9-11,14H2,1H3/t17-/m1/s1. The molecule has 0 bridgehead atoms. The molecule has 4 rings (SSSR count). The Hall–Kier alpha value is -2.14. The molecule has 1 atom stereocenters. The summed E-state index contributed by atoms with van der Waals surface area (Å²) in [6, 6.07) is 8.63. The molecule has 2 aliphatic heterocycles. The molecule has 0 radical (unpaired) electrons. The number of likely N-dealkylation sites (tertiary alicyclic amines) is 1. The minimum Gasteiger partial charge on any atom is -0.311 e. The maximum atomic E-state index is 13.0. The van der Waals surface area contributed by atoms with Crippen LogP contribution in [-0.4, -0.2) is 40.2 Å². The molecule has 24 heavy (non-hydrogen) atoms. The number of carbonyl (C=O) groups excluding carboxylic acids is 1. The first-order valence-corrected chi connectivity index (χ1v) is 8.83. The fraction of sp³-hybridized carbons (Fsp3) is 0.474. The van der Waals surface area contributed by atoms with Gasteiger partial charge in [-0.2, -0.15) is 5.10 Å². The predicted molar refractivity (Wildman–Crippen MR) is 93.9 cm³/mol. The Labute approximate surface area is 142 Å². The fourth-order valence-corrected chi connectivity index (χ4v) is 4.06. The molecule has 0 saturated carbocycles. The highest BCUT2D eigenvalue weighted by Crippen LogP contribution is 2.32. The molecule has 1 saturated heterocycles. The van der Waals surface area contributed by atoms with Crippen LogP contribution in [0.1, 0.15) is 36.4 Å². The van der Waals surface area contributed by atoms with Crippen LogP contribution in [0.2, 0.25) is 0 Å². The summed E-state index contributed by atoms with van der Waals surface area (Å²) in [4.78, 5) is 17.3. The molecule has 5 nitrogen and oxygen atoms in total. The molecule has 126 valence electrons. The topological polar surface area (TPSA) is 41.4 Å². The van der Waals surface area contributed by atoms with Crippen molar-refractivity contribution in [2.24, 2.45) is 7.05 Å². The molecular formula is C19H24N4O. The molecule has 1 aromatic carbocycles. The Morgan fingerprint density at radius 2 is 2.12 bits per heavy atom. The average Bonchev–Trinajstić information content (AvgIpc) is 3.23. The minimum atomic E-state index is 0.220. The number of aryl methyl sites for hydroxylation is 2. The van der Waals surface area contributed by atoms with Crippen LogP contribution in [0, 0.1) is 0 Å². The van der Waals surface area contributed by atoms with Crippen molar-refractivity contribution < 1.29 is 4.79 Å². The van der Waals surface area contributed by atoms with Gasteiger partial charge in [-0.25, -0.2) is 0 Å². The second-order valence-corrected chi connectivity index (χ2v) is 6.85. The second-order valence-electron chi connectivity index (χ2n) is 6.85. The number of anilines is 1. The summed E-state index contributed by atoms with van der Waals surface area (Å²) in [6.07, 6.45) is 8.38. The van der Waals surface area contributed by atoms with Gasteiger partial charge in [0, 0.05) is 37.1 Å². The maximum Gasteiger partial charge on any atom is 0.241 e. The molecular weight excluding hydrogens is 300 g/mol. The van der Waals surface area contributed by atoms with Gasteiger partial charge in [-0.1, -0.05) is 18.2 Å². The van der Waals surface area contributed by atoms with Gasteiger partial charge in [0.1, 0.15) is 0 Å². The van der Waals surface area contributed by atoms with E-state index in [1.165, 1.54) is 11.1 Å². The van der Waals surface area contributed by atoms with E-state index in [0.717, 1.165) is 44.5 Å². The van der Waals surface area contributed by atoms with E-state index in [1.54, 1.807) is 0 Å². The second kappa shape index (κ2) is 6.40. The van der Waals surface area contributed by atoms with E-state index < -0.39 is 0 Å². The SMILES string of the molecule is Cn1cc([C@H]2CCCN2CC(=O)N2CCCc3ccccc32)cn1. The van der Waals surface area contributed by atoms with E-state index in [0.29, 0.717) is 12.6 Å². The Kier molecular flexibility index (Phi) is 4.10. The van der Waals surface area contributed by atoms with Crippen LogP contribution in [0.3, 0.4) is 0 Å². The number of nitrogens with zero attached hydrogens (tertiary/aromatic N) is 4. The first-order valence-electron chi connectivity index (χ1n) is 8.83. The number of amides is 1. The smallest absolute Gasteiger partial charge is 0.241 e. The van der Waals surface area contributed by atoms with Gasteiger partial charge < -0.3 is 4.90 Å². The van der Waals surface area contributed by atoms with Crippen molar-refractivity contribution in [1.82, 2.24) is 14.7 Å². The maximum absolute atomic E-state index is 13.0. The predicted octanol–water partition coefficient (Wildman–Crippen LogP) is 2.54. The molecule has 2 aromatic rings. The Balaban J connectivity index is 1.50. The number of aromatic nitrogens is 2. The number of benzene rings is 1. The molecule has 5 heteroatoms. The van der Waals surface area contributed by atoms with Crippen LogP contribution in [-0.2, 0) is 18.3 Å². The van der Waals surface area contributed by atoms with E-state index in [9.17, 15) is 4.79 Å². The normalized spacial score (nSPS) is 21.0. The van der Waals surface area contributed by atoms with E-state index in [1.807, 2.05) is 28.9 Å². The van der Waals surface area contributed by atoms with Crippen molar-refractivity contribution in [2.75, 3.05) is 24.5 Å². The summed E-state index contributed by atoms with van der Waals surface area (Å²) >= 11 is 0. The van der Waals surface area contributed by atoms with Gasteiger partial charge in [-0.05, 0) is 43.9 Å². The summed E-state index contributed by atoms with van der Waals surface area (Å²) in [5.41, 5.74) is 3.62. The highest BCUT2D eigenvalue weighted by molar-refractivity contribution is 5.96. The zero-order valence-corrected chi connectivity index (χ0v) is 14.2. The average molecular weight is 324 g/mol. The lowest BCUT2D eigenvalue weighted by Gasteiger charge is -2.32. The number of hydrogen-bond donors (Lipinski definition) is 0. The first kappa shape index (κ1) is 15.4. The number of para-hydroxylation sites is 1. The van der Waals surface area contributed by atoms with Crippen LogP contribution < -0.4 is 4.90 Å². The Morgan fingerprint density at radius 3 is 2.96 bits per heavy atom. The fourth-order valence-electron chi connectivity index (χ4n) is 4.06. The zero-order chi connectivity index (χ0) is 16.5. The molecule has 0 N–H and O–H groups in total. The third-order valence-corrected chi connectivity index (χ3v) is 5.22. The first-order chi connectivity index (χ1) is 11.7. The van der Waals surface area contributed by atoms with Crippen molar-refractivity contribution in [3.63, 3.8) is 0 Å². The molecule has 0 spiro atoms. The van der Waals surface area contributed by atoms with Crippen LogP contribution in [0.25, 0.3) is 0 Å². The number of hydrogen-bond acceptors (Lipinski definition) is 3. The third-order valence-electron chi connectivity index (χ3n) is 5.22. The van der Waals surface area contributed by atoms with Crippen LogP contribution in [0.15, 0.2) is 36.7 Å². The van der Waals surface area contributed by atoms with E-state index in [4.69, 9.17) is 0 Å². The Bertz CT molecular complexity index is 738. The minimum absolute atomic E-state index is 0.220. The zero-order valence-electron chi connectivity index (χ0n) is 14.2. The number of carbonyl (C=O) groups is 1. The van der Waals surface area contributed by atoms with Crippen LogP contribution in [0.5, 0.6) is 0 Å². The van der Waals surface area contributed by atoms with Crippen LogP contribution >= 0.6 is 0 Å². The van der Waals surface area contributed by atoms with Gasteiger partial charge in [0.05, 0.1) is 12.7 Å². The van der Waals surface area contributed by atoms with Crippen LogP contribution in [0.4, 0.5) is 5.69 Å². The lowest BCUT2D eigenvalue weighted by Crippen LogP contribution is -2.42. The van der Waals surface area contributed by atoms with Gasteiger partial charge in [0.2, 0.25) is 5.91 Å². The summed E-state index contributed by atoms with van der Waals surface area (Å²) in [5, 5.41) is 4.29. The molecule has 2 aliphatic rings. The largest absolute Gasteiger partial charge is 0.311 e. The molecule has 1 aromatic heterocycles. The van der Waals surface area contributed by atoms with Gasteiger partial charge >= 0.3 is 0 Å². The van der Waals surface area contributed by atoms with Crippen molar-refractivity contribution in [3.8, 4) is 0 Å². The van der Waals surface area contributed by atoms with E-state index >= 15 is 0 Å². The molecule has 1 amide bonds. The third kappa shape index (κ3) is 2.84. The molecule has 3 heterocycles. The summed E-state index contributed by atoms with van der Waals surface area (Å²) in [7, 11) is 1.94. The van der Waals surface area contributed by atoms with Gasteiger partial charge in [0.25, 0.3) is 0 Å². The van der Waals surface area contributed by atoms with E-state index in [2.05, 4.69) is 34.4 Å². The molecule has 1 fully saturated rings. The van der Waals surface area contributed by atoms with Crippen molar-refractivity contribution in [2.45, 2.75) is 31.7 Å². The summed E-state index contributed by atoms with van der Waals surface area (Å²) < 4.78 is 1.84. The monoisotopic (exact) mass is 324 g/mol. The van der Waals surface area contributed by atoms with Crippen molar-refractivity contribution in [3.05, 3.63) is 47.8 Å². The van der Waals surface area contributed by atoms with E-state index in [-0.39, 0.29) is 5.91 Å². The summed E-state index contributed by atoms with van der Waals surface area (Å²) in [5.74, 6) is 0.220.